The van der Waals surface area contributed by atoms with Crippen molar-refractivity contribution < 1.29 is 0 Å². The maximum atomic E-state index is 3.54. The van der Waals surface area contributed by atoms with Crippen LogP contribution in [0.2, 0.25) is 0 Å². The van der Waals surface area contributed by atoms with Crippen molar-refractivity contribution in [3.8, 4) is 0 Å². The van der Waals surface area contributed by atoms with Gasteiger partial charge >= 0.3 is 0 Å². The second-order valence-corrected chi connectivity index (χ2v) is 5.81. The lowest BCUT2D eigenvalue weighted by Gasteiger charge is -2.37. The van der Waals surface area contributed by atoms with E-state index in [9.17, 15) is 0 Å². The zero-order valence-corrected chi connectivity index (χ0v) is 10.2. The first-order valence-electron chi connectivity index (χ1n) is 6.33. The third kappa shape index (κ3) is 3.16. The summed E-state index contributed by atoms with van der Waals surface area (Å²) in [6.07, 6.45) is 2.72. The standard InChI is InChI=1S/C12H25N3/c1-12(2)9-14-6-7-15(10-12)11-4-3-5-13-8-11/h11,13-14H,3-10H2,1-2H3. The molecule has 2 saturated heterocycles. The molecule has 1 unspecified atom stereocenters. The Kier molecular flexibility index (Phi) is 3.65. The molecule has 2 rings (SSSR count). The number of hydrogen-bond acceptors (Lipinski definition) is 3. The monoisotopic (exact) mass is 211 g/mol. The summed E-state index contributed by atoms with van der Waals surface area (Å²) in [6.45, 7) is 11.9. The Hall–Kier alpha value is -0.120. The van der Waals surface area contributed by atoms with E-state index >= 15 is 0 Å². The quantitative estimate of drug-likeness (QED) is 0.667. The topological polar surface area (TPSA) is 27.3 Å². The number of piperidine rings is 1. The lowest BCUT2D eigenvalue weighted by molar-refractivity contribution is 0.131. The molecule has 0 spiro atoms. The number of rotatable bonds is 1. The van der Waals surface area contributed by atoms with Crippen LogP contribution in [0.15, 0.2) is 0 Å². The lowest BCUT2D eigenvalue weighted by atomic mass is 9.92. The summed E-state index contributed by atoms with van der Waals surface area (Å²) >= 11 is 0. The first-order chi connectivity index (χ1) is 7.17. The van der Waals surface area contributed by atoms with Crippen LogP contribution in [0.3, 0.4) is 0 Å². The van der Waals surface area contributed by atoms with Crippen molar-refractivity contribution in [2.75, 3.05) is 39.3 Å². The minimum atomic E-state index is 0.425. The van der Waals surface area contributed by atoms with Gasteiger partial charge in [0.25, 0.3) is 0 Å². The average molecular weight is 211 g/mol. The fourth-order valence-corrected chi connectivity index (χ4v) is 2.79. The Bertz CT molecular complexity index is 197. The van der Waals surface area contributed by atoms with Crippen molar-refractivity contribution in [1.82, 2.24) is 15.5 Å². The van der Waals surface area contributed by atoms with Crippen molar-refractivity contribution in [3.05, 3.63) is 0 Å². The molecule has 2 heterocycles. The van der Waals surface area contributed by atoms with Crippen molar-refractivity contribution in [1.29, 1.82) is 0 Å². The molecule has 0 amide bonds. The maximum Gasteiger partial charge on any atom is 0.0221 e. The highest BCUT2D eigenvalue weighted by Crippen LogP contribution is 2.21. The summed E-state index contributed by atoms with van der Waals surface area (Å²) in [6, 6.07) is 0.776. The van der Waals surface area contributed by atoms with Crippen LogP contribution < -0.4 is 10.6 Å². The Morgan fingerprint density at radius 1 is 1.20 bits per heavy atom. The predicted octanol–water partition coefficient (Wildman–Crippen LogP) is 0.670. The van der Waals surface area contributed by atoms with Gasteiger partial charge in [-0.3, -0.25) is 4.90 Å². The minimum absolute atomic E-state index is 0.425. The van der Waals surface area contributed by atoms with E-state index in [-0.39, 0.29) is 0 Å². The summed E-state index contributed by atoms with van der Waals surface area (Å²) in [5.74, 6) is 0. The summed E-state index contributed by atoms with van der Waals surface area (Å²) in [5, 5.41) is 7.06. The number of nitrogens with one attached hydrogen (secondary N) is 2. The van der Waals surface area contributed by atoms with Gasteiger partial charge in [-0.25, -0.2) is 0 Å². The largest absolute Gasteiger partial charge is 0.315 e. The van der Waals surface area contributed by atoms with Crippen molar-refractivity contribution in [3.63, 3.8) is 0 Å². The fourth-order valence-electron chi connectivity index (χ4n) is 2.79. The van der Waals surface area contributed by atoms with Gasteiger partial charge < -0.3 is 10.6 Å². The highest BCUT2D eigenvalue weighted by atomic mass is 15.2. The summed E-state index contributed by atoms with van der Waals surface area (Å²) < 4.78 is 0. The molecule has 0 saturated carbocycles. The van der Waals surface area contributed by atoms with Crippen LogP contribution in [0.1, 0.15) is 26.7 Å². The molecule has 0 aliphatic carbocycles. The van der Waals surface area contributed by atoms with E-state index in [1.54, 1.807) is 0 Å². The molecule has 2 aliphatic rings. The molecule has 0 aromatic rings. The molecule has 1 atom stereocenters. The molecule has 15 heavy (non-hydrogen) atoms. The Morgan fingerprint density at radius 2 is 2.07 bits per heavy atom. The van der Waals surface area contributed by atoms with Gasteiger partial charge in [-0.15, -0.1) is 0 Å². The smallest absolute Gasteiger partial charge is 0.0221 e. The average Bonchev–Trinajstić information content (AvgIpc) is 2.41. The van der Waals surface area contributed by atoms with Gasteiger partial charge in [-0.05, 0) is 24.8 Å². The maximum absolute atomic E-state index is 3.54. The molecule has 88 valence electrons. The van der Waals surface area contributed by atoms with Gasteiger partial charge in [-0.1, -0.05) is 13.8 Å². The van der Waals surface area contributed by atoms with Crippen LogP contribution in [0.4, 0.5) is 0 Å². The minimum Gasteiger partial charge on any atom is -0.315 e. The van der Waals surface area contributed by atoms with Crippen LogP contribution in [0, 0.1) is 5.41 Å². The highest BCUT2D eigenvalue weighted by Gasteiger charge is 2.29. The van der Waals surface area contributed by atoms with Crippen LogP contribution >= 0.6 is 0 Å². The van der Waals surface area contributed by atoms with Crippen LogP contribution in [0.25, 0.3) is 0 Å². The van der Waals surface area contributed by atoms with Gasteiger partial charge in [0.05, 0.1) is 0 Å². The second-order valence-electron chi connectivity index (χ2n) is 5.81. The van der Waals surface area contributed by atoms with E-state index in [1.807, 2.05) is 0 Å². The molecular formula is C12H25N3. The van der Waals surface area contributed by atoms with E-state index in [2.05, 4.69) is 29.4 Å². The summed E-state index contributed by atoms with van der Waals surface area (Å²) in [4.78, 5) is 2.69. The molecule has 2 aliphatic heterocycles. The predicted molar refractivity (Wildman–Crippen MR) is 64.1 cm³/mol. The van der Waals surface area contributed by atoms with E-state index in [0.29, 0.717) is 5.41 Å². The van der Waals surface area contributed by atoms with E-state index < -0.39 is 0 Å². The van der Waals surface area contributed by atoms with Crippen LogP contribution in [-0.4, -0.2) is 50.2 Å². The zero-order chi connectivity index (χ0) is 10.7. The first kappa shape index (κ1) is 11.4. The Morgan fingerprint density at radius 3 is 2.80 bits per heavy atom. The molecule has 0 radical (unpaired) electrons. The molecule has 0 bridgehead atoms. The van der Waals surface area contributed by atoms with Crippen molar-refractivity contribution in [2.24, 2.45) is 5.41 Å². The lowest BCUT2D eigenvalue weighted by Crippen LogP contribution is -2.49. The Labute approximate surface area is 93.6 Å². The summed E-state index contributed by atoms with van der Waals surface area (Å²) in [5.41, 5.74) is 0.425. The molecule has 3 heteroatoms. The third-order valence-electron chi connectivity index (χ3n) is 3.60. The summed E-state index contributed by atoms with van der Waals surface area (Å²) in [7, 11) is 0. The molecule has 2 fully saturated rings. The van der Waals surface area contributed by atoms with Gasteiger partial charge in [0.1, 0.15) is 0 Å². The normalized spacial score (nSPS) is 33.6. The molecule has 0 aromatic carbocycles. The van der Waals surface area contributed by atoms with Crippen molar-refractivity contribution in [2.45, 2.75) is 32.7 Å². The molecule has 2 N–H and O–H groups in total. The SMILES string of the molecule is CC1(C)CNCCN(C2CCCNC2)C1. The van der Waals surface area contributed by atoms with Gasteiger partial charge in [0, 0.05) is 38.8 Å². The second kappa shape index (κ2) is 4.81. The van der Waals surface area contributed by atoms with Gasteiger partial charge in [0.15, 0.2) is 0 Å². The Balaban J connectivity index is 1.94. The van der Waals surface area contributed by atoms with Gasteiger partial charge in [-0.2, -0.15) is 0 Å². The number of nitrogens with zero attached hydrogens (tertiary/aromatic N) is 1. The third-order valence-corrected chi connectivity index (χ3v) is 3.60. The van der Waals surface area contributed by atoms with Crippen LogP contribution in [-0.2, 0) is 0 Å². The first-order valence-corrected chi connectivity index (χ1v) is 6.33. The van der Waals surface area contributed by atoms with E-state index in [4.69, 9.17) is 0 Å². The zero-order valence-electron chi connectivity index (χ0n) is 10.2. The molecule has 0 aromatic heterocycles. The van der Waals surface area contributed by atoms with Crippen molar-refractivity contribution >= 4 is 0 Å². The molecular weight excluding hydrogens is 186 g/mol. The molecule has 3 nitrogen and oxygen atoms in total. The number of hydrogen-bond donors (Lipinski definition) is 2. The van der Waals surface area contributed by atoms with E-state index in [0.717, 1.165) is 19.1 Å². The van der Waals surface area contributed by atoms with Gasteiger partial charge in [0.2, 0.25) is 0 Å². The fraction of sp³-hybridized carbons (Fsp3) is 1.00. The van der Waals surface area contributed by atoms with Crippen LogP contribution in [0.5, 0.6) is 0 Å². The van der Waals surface area contributed by atoms with E-state index in [1.165, 1.54) is 39.0 Å². The highest BCUT2D eigenvalue weighted by molar-refractivity contribution is 4.86.